The van der Waals surface area contributed by atoms with Crippen molar-refractivity contribution in [3.05, 3.63) is 73.2 Å². The number of hydrogen-bond donors (Lipinski definition) is 0. The summed E-state index contributed by atoms with van der Waals surface area (Å²) in [6, 6.07) is 0. The first-order valence-electron chi connectivity index (χ1n) is 4.48. The van der Waals surface area contributed by atoms with Crippen molar-refractivity contribution in [2.75, 3.05) is 7.05 Å². The standard InChI is InChI=1S/C13H15N/c1-5-8-11-9-10-14(4)13(7-3)12(11)6-2/h5-10H,1-3H2,4H3/b11-8-. The third kappa shape index (κ3) is 1.77. The minimum Gasteiger partial charge on any atom is -0.351 e. The maximum absolute atomic E-state index is 3.81. The SMILES string of the molecule is C=C/C=C1/C=CN(C)C(C=C)=C1C=C. The van der Waals surface area contributed by atoms with Crippen LogP contribution in [0.5, 0.6) is 0 Å². The van der Waals surface area contributed by atoms with Crippen molar-refractivity contribution in [2.24, 2.45) is 0 Å². The molecule has 0 fully saturated rings. The molecule has 14 heavy (non-hydrogen) atoms. The van der Waals surface area contributed by atoms with Gasteiger partial charge in [-0.25, -0.2) is 0 Å². The van der Waals surface area contributed by atoms with Crippen molar-refractivity contribution in [3.8, 4) is 0 Å². The van der Waals surface area contributed by atoms with E-state index in [1.165, 1.54) is 0 Å². The first-order chi connectivity index (χ1) is 6.74. The number of hydrogen-bond acceptors (Lipinski definition) is 1. The van der Waals surface area contributed by atoms with Gasteiger partial charge in [0.2, 0.25) is 0 Å². The molecule has 0 N–H and O–H groups in total. The average molecular weight is 185 g/mol. The van der Waals surface area contributed by atoms with Crippen molar-refractivity contribution < 1.29 is 0 Å². The van der Waals surface area contributed by atoms with Gasteiger partial charge in [0.25, 0.3) is 0 Å². The fourth-order valence-corrected chi connectivity index (χ4v) is 1.45. The Bertz CT molecular complexity index is 353. The summed E-state index contributed by atoms with van der Waals surface area (Å²) in [6.45, 7) is 11.3. The van der Waals surface area contributed by atoms with E-state index < -0.39 is 0 Å². The lowest BCUT2D eigenvalue weighted by atomic mass is 10.00. The van der Waals surface area contributed by atoms with Gasteiger partial charge < -0.3 is 4.90 Å². The fourth-order valence-electron chi connectivity index (χ4n) is 1.45. The highest BCUT2D eigenvalue weighted by Crippen LogP contribution is 2.25. The van der Waals surface area contributed by atoms with Crippen molar-refractivity contribution in [2.45, 2.75) is 0 Å². The van der Waals surface area contributed by atoms with Gasteiger partial charge in [-0.05, 0) is 17.7 Å². The molecule has 0 atom stereocenters. The van der Waals surface area contributed by atoms with Gasteiger partial charge in [-0.3, -0.25) is 0 Å². The van der Waals surface area contributed by atoms with Crippen LogP contribution < -0.4 is 0 Å². The molecule has 0 amide bonds. The molecule has 0 saturated heterocycles. The van der Waals surface area contributed by atoms with Gasteiger partial charge in [-0.1, -0.05) is 38.0 Å². The van der Waals surface area contributed by atoms with E-state index in [2.05, 4.69) is 19.7 Å². The lowest BCUT2D eigenvalue weighted by Gasteiger charge is -2.23. The Balaban J connectivity index is 3.27. The van der Waals surface area contributed by atoms with E-state index in [9.17, 15) is 0 Å². The van der Waals surface area contributed by atoms with Crippen molar-refractivity contribution in [1.82, 2.24) is 4.90 Å². The van der Waals surface area contributed by atoms with Crippen molar-refractivity contribution in [3.63, 3.8) is 0 Å². The molecule has 0 radical (unpaired) electrons. The molecular formula is C13H15N. The summed E-state index contributed by atoms with van der Waals surface area (Å²) < 4.78 is 0. The average Bonchev–Trinajstić information content (AvgIpc) is 2.20. The number of likely N-dealkylation sites (N-methyl/N-ethyl adjacent to an activating group) is 1. The van der Waals surface area contributed by atoms with Crippen LogP contribution in [0.15, 0.2) is 73.2 Å². The van der Waals surface area contributed by atoms with E-state index in [1.807, 2.05) is 42.5 Å². The zero-order valence-corrected chi connectivity index (χ0v) is 8.53. The highest BCUT2D eigenvalue weighted by atomic mass is 15.1. The predicted molar refractivity (Wildman–Crippen MR) is 62.6 cm³/mol. The van der Waals surface area contributed by atoms with E-state index in [4.69, 9.17) is 0 Å². The van der Waals surface area contributed by atoms with Gasteiger partial charge in [-0.15, -0.1) is 0 Å². The van der Waals surface area contributed by atoms with Crippen LogP contribution in [0.4, 0.5) is 0 Å². The van der Waals surface area contributed by atoms with E-state index in [1.54, 1.807) is 6.08 Å². The zero-order chi connectivity index (χ0) is 10.6. The number of rotatable bonds is 3. The minimum absolute atomic E-state index is 1.07. The summed E-state index contributed by atoms with van der Waals surface area (Å²) in [5, 5.41) is 0. The molecule has 1 nitrogen and oxygen atoms in total. The van der Waals surface area contributed by atoms with Crippen molar-refractivity contribution >= 4 is 0 Å². The Morgan fingerprint density at radius 1 is 1.21 bits per heavy atom. The normalized spacial score (nSPS) is 18.6. The van der Waals surface area contributed by atoms with Crippen LogP contribution in [0.1, 0.15) is 0 Å². The maximum Gasteiger partial charge on any atom is 0.0477 e. The van der Waals surface area contributed by atoms with Gasteiger partial charge in [0.1, 0.15) is 0 Å². The summed E-state index contributed by atoms with van der Waals surface area (Å²) in [6.07, 6.45) is 11.4. The molecule has 0 saturated carbocycles. The van der Waals surface area contributed by atoms with Gasteiger partial charge >= 0.3 is 0 Å². The fraction of sp³-hybridized carbons (Fsp3) is 0.0769. The molecule has 0 aliphatic carbocycles. The second kappa shape index (κ2) is 4.47. The molecule has 0 aromatic heterocycles. The summed E-state index contributed by atoms with van der Waals surface area (Å²) in [7, 11) is 1.99. The van der Waals surface area contributed by atoms with Crippen LogP contribution in [0, 0.1) is 0 Å². The maximum atomic E-state index is 3.81. The van der Waals surface area contributed by atoms with Crippen LogP contribution >= 0.6 is 0 Å². The highest BCUT2D eigenvalue weighted by molar-refractivity contribution is 5.54. The van der Waals surface area contributed by atoms with Crippen LogP contribution in [0.2, 0.25) is 0 Å². The second-order valence-electron chi connectivity index (χ2n) is 2.99. The first-order valence-corrected chi connectivity index (χ1v) is 4.48. The van der Waals surface area contributed by atoms with Crippen LogP contribution in [0.25, 0.3) is 0 Å². The Kier molecular flexibility index (Phi) is 3.29. The summed E-state index contributed by atoms with van der Waals surface area (Å²) >= 11 is 0. The molecule has 0 unspecified atom stereocenters. The molecule has 0 bridgehead atoms. The molecule has 1 aliphatic rings. The Labute approximate surface area is 85.7 Å². The largest absolute Gasteiger partial charge is 0.351 e. The zero-order valence-electron chi connectivity index (χ0n) is 8.53. The van der Waals surface area contributed by atoms with Gasteiger partial charge in [0, 0.05) is 24.5 Å². The summed E-state index contributed by atoms with van der Waals surface area (Å²) in [5.41, 5.74) is 3.27. The number of nitrogens with zero attached hydrogens (tertiary/aromatic N) is 1. The van der Waals surface area contributed by atoms with E-state index in [0.717, 1.165) is 16.8 Å². The Hall–Kier alpha value is -1.76. The Morgan fingerprint density at radius 2 is 1.93 bits per heavy atom. The third-order valence-electron chi connectivity index (χ3n) is 2.14. The summed E-state index contributed by atoms with van der Waals surface area (Å²) in [5.74, 6) is 0. The highest BCUT2D eigenvalue weighted by Gasteiger charge is 2.11. The van der Waals surface area contributed by atoms with Crippen LogP contribution in [0.3, 0.4) is 0 Å². The molecule has 0 aromatic rings. The summed E-state index contributed by atoms with van der Waals surface area (Å²) in [4.78, 5) is 2.02. The first kappa shape index (κ1) is 10.3. The van der Waals surface area contributed by atoms with E-state index in [-0.39, 0.29) is 0 Å². The lowest BCUT2D eigenvalue weighted by molar-refractivity contribution is 0.578. The Morgan fingerprint density at radius 3 is 2.43 bits per heavy atom. The molecule has 1 heteroatoms. The van der Waals surface area contributed by atoms with Gasteiger partial charge in [0.05, 0.1) is 0 Å². The third-order valence-corrected chi connectivity index (χ3v) is 2.14. The van der Waals surface area contributed by atoms with E-state index in [0.29, 0.717) is 0 Å². The molecule has 1 rings (SSSR count). The van der Waals surface area contributed by atoms with Crippen LogP contribution in [-0.4, -0.2) is 11.9 Å². The molecule has 1 aliphatic heterocycles. The molecular weight excluding hydrogens is 170 g/mol. The monoisotopic (exact) mass is 185 g/mol. The molecule has 1 heterocycles. The predicted octanol–water partition coefficient (Wildman–Crippen LogP) is 3.18. The number of allylic oxidation sites excluding steroid dienone is 7. The van der Waals surface area contributed by atoms with Gasteiger partial charge in [0.15, 0.2) is 0 Å². The molecule has 72 valence electrons. The minimum atomic E-state index is 1.07. The lowest BCUT2D eigenvalue weighted by Crippen LogP contribution is -2.14. The van der Waals surface area contributed by atoms with E-state index >= 15 is 0 Å². The van der Waals surface area contributed by atoms with Crippen molar-refractivity contribution in [1.29, 1.82) is 0 Å². The smallest absolute Gasteiger partial charge is 0.0477 e. The van der Waals surface area contributed by atoms with Crippen LogP contribution in [-0.2, 0) is 0 Å². The quantitative estimate of drug-likeness (QED) is 0.652. The van der Waals surface area contributed by atoms with Gasteiger partial charge in [-0.2, -0.15) is 0 Å². The molecule has 0 aromatic carbocycles. The molecule has 0 spiro atoms. The topological polar surface area (TPSA) is 3.24 Å². The second-order valence-corrected chi connectivity index (χ2v) is 2.99.